The summed E-state index contributed by atoms with van der Waals surface area (Å²) in [6.07, 6.45) is 0. The van der Waals surface area contributed by atoms with E-state index in [4.69, 9.17) is 9.47 Å². The topological polar surface area (TPSA) is 47.6 Å². The molecule has 0 aromatic heterocycles. The number of esters is 1. The van der Waals surface area contributed by atoms with Crippen molar-refractivity contribution in [1.29, 1.82) is 0 Å². The van der Waals surface area contributed by atoms with Crippen molar-refractivity contribution in [2.24, 2.45) is 5.92 Å². The Morgan fingerprint density at radius 2 is 1.83 bits per heavy atom. The summed E-state index contributed by atoms with van der Waals surface area (Å²) in [5, 5.41) is 3.37. The third-order valence-corrected chi connectivity index (χ3v) is 3.57. The van der Waals surface area contributed by atoms with E-state index in [0.29, 0.717) is 30.4 Å². The van der Waals surface area contributed by atoms with E-state index < -0.39 is 0 Å². The highest BCUT2D eigenvalue weighted by Crippen LogP contribution is 2.22. The summed E-state index contributed by atoms with van der Waals surface area (Å²) in [6, 6.07) is 15.5. The Morgan fingerprint density at radius 3 is 2.50 bits per heavy atom. The fourth-order valence-electron chi connectivity index (χ4n) is 2.32. The molecule has 1 N–H and O–H groups in total. The van der Waals surface area contributed by atoms with E-state index in [0.717, 1.165) is 17.7 Å². The van der Waals surface area contributed by atoms with E-state index in [2.05, 4.69) is 19.2 Å². The number of nitrogens with one attached hydrogen (secondary N) is 1. The number of carbonyl (C=O) groups excluding carboxylic acids is 1. The lowest BCUT2D eigenvalue weighted by Crippen LogP contribution is -2.19. The summed E-state index contributed by atoms with van der Waals surface area (Å²) >= 11 is 0. The van der Waals surface area contributed by atoms with Crippen molar-refractivity contribution >= 4 is 5.97 Å². The van der Waals surface area contributed by atoms with Crippen LogP contribution in [-0.4, -0.2) is 19.6 Å². The molecule has 2 aromatic rings. The van der Waals surface area contributed by atoms with Gasteiger partial charge in [-0.15, -0.1) is 0 Å². The molecule has 0 aliphatic rings. The van der Waals surface area contributed by atoms with E-state index in [1.807, 2.05) is 48.5 Å². The van der Waals surface area contributed by atoms with Crippen LogP contribution in [0, 0.1) is 5.92 Å². The van der Waals surface area contributed by atoms with Gasteiger partial charge in [-0.05, 0) is 35.7 Å². The zero-order valence-electron chi connectivity index (χ0n) is 14.5. The first-order chi connectivity index (χ1) is 11.6. The molecule has 0 heterocycles. The summed E-state index contributed by atoms with van der Waals surface area (Å²) in [5.41, 5.74) is 2.54. The molecule has 0 spiro atoms. The second-order valence-electron chi connectivity index (χ2n) is 6.12. The average molecular weight is 327 g/mol. The lowest BCUT2D eigenvalue weighted by molar-refractivity contribution is 0.0595. The van der Waals surface area contributed by atoms with Gasteiger partial charge in [-0.3, -0.25) is 0 Å². The van der Waals surface area contributed by atoms with Crippen molar-refractivity contribution in [2.75, 3.05) is 13.7 Å². The Balaban J connectivity index is 2.10. The van der Waals surface area contributed by atoms with Crippen LogP contribution in [0.15, 0.2) is 48.5 Å². The minimum Gasteiger partial charge on any atom is -0.488 e. The number of hydrogen-bond acceptors (Lipinski definition) is 4. The normalized spacial score (nSPS) is 10.7. The second-order valence-corrected chi connectivity index (χ2v) is 6.12. The average Bonchev–Trinajstić information content (AvgIpc) is 2.60. The molecule has 24 heavy (non-hydrogen) atoms. The molecule has 0 bridgehead atoms. The van der Waals surface area contributed by atoms with Crippen molar-refractivity contribution in [1.82, 2.24) is 5.32 Å². The molecule has 0 amide bonds. The van der Waals surface area contributed by atoms with Gasteiger partial charge in [0, 0.05) is 6.54 Å². The highest BCUT2D eigenvalue weighted by molar-refractivity contribution is 5.92. The predicted octanol–water partition coefficient (Wildman–Crippen LogP) is 3.80. The molecular weight excluding hydrogens is 302 g/mol. The van der Waals surface area contributed by atoms with Crippen molar-refractivity contribution in [3.63, 3.8) is 0 Å². The van der Waals surface area contributed by atoms with Crippen molar-refractivity contribution in [3.05, 3.63) is 65.2 Å². The fraction of sp³-hybridized carbons (Fsp3) is 0.350. The van der Waals surface area contributed by atoms with Crippen LogP contribution in [0.25, 0.3) is 0 Å². The summed E-state index contributed by atoms with van der Waals surface area (Å²) in [4.78, 5) is 12.1. The molecule has 4 heteroatoms. The van der Waals surface area contributed by atoms with Gasteiger partial charge in [-0.1, -0.05) is 50.2 Å². The maximum atomic E-state index is 12.1. The van der Waals surface area contributed by atoms with E-state index in [-0.39, 0.29) is 5.97 Å². The first-order valence-corrected chi connectivity index (χ1v) is 8.19. The van der Waals surface area contributed by atoms with Crippen LogP contribution in [0.2, 0.25) is 0 Å². The van der Waals surface area contributed by atoms with E-state index in [9.17, 15) is 4.79 Å². The molecular formula is C20H25NO3. The largest absolute Gasteiger partial charge is 0.488 e. The van der Waals surface area contributed by atoms with Gasteiger partial charge >= 0.3 is 5.97 Å². The molecule has 0 saturated carbocycles. The molecule has 128 valence electrons. The number of carbonyl (C=O) groups is 1. The van der Waals surface area contributed by atoms with Gasteiger partial charge in [-0.25, -0.2) is 4.79 Å². The van der Waals surface area contributed by atoms with Crippen molar-refractivity contribution < 1.29 is 14.3 Å². The molecule has 0 fully saturated rings. The Morgan fingerprint density at radius 1 is 1.08 bits per heavy atom. The Labute approximate surface area is 143 Å². The minimum atomic E-state index is -0.385. The highest BCUT2D eigenvalue weighted by Gasteiger charge is 2.14. The maximum absolute atomic E-state index is 12.1. The molecule has 0 unspecified atom stereocenters. The van der Waals surface area contributed by atoms with Gasteiger partial charge in [-0.2, -0.15) is 0 Å². The highest BCUT2D eigenvalue weighted by atomic mass is 16.5. The van der Waals surface area contributed by atoms with Gasteiger partial charge in [0.1, 0.15) is 17.9 Å². The number of benzene rings is 2. The van der Waals surface area contributed by atoms with Crippen LogP contribution in [-0.2, 0) is 17.9 Å². The third kappa shape index (κ3) is 5.39. The Hall–Kier alpha value is -2.33. The van der Waals surface area contributed by atoms with Crippen LogP contribution < -0.4 is 10.1 Å². The zero-order valence-corrected chi connectivity index (χ0v) is 14.5. The smallest absolute Gasteiger partial charge is 0.341 e. The molecule has 0 atom stereocenters. The summed E-state index contributed by atoms with van der Waals surface area (Å²) < 4.78 is 10.7. The van der Waals surface area contributed by atoms with E-state index in [1.54, 1.807) is 0 Å². The number of ether oxygens (including phenoxy) is 2. The van der Waals surface area contributed by atoms with Crippen LogP contribution in [0.4, 0.5) is 0 Å². The fourth-order valence-corrected chi connectivity index (χ4v) is 2.32. The molecule has 4 nitrogen and oxygen atoms in total. The molecule has 0 saturated heterocycles. The standard InChI is InChI=1S/C20H25NO3/c1-15(2)12-21-13-17-9-10-19(18(11-17)20(22)23-3)24-14-16-7-5-4-6-8-16/h4-11,15,21H,12-14H2,1-3H3. The molecule has 2 aromatic carbocycles. The van der Waals surface area contributed by atoms with Crippen molar-refractivity contribution in [2.45, 2.75) is 27.0 Å². The first kappa shape index (κ1) is 18.0. The second kappa shape index (κ2) is 9.08. The van der Waals surface area contributed by atoms with E-state index in [1.165, 1.54) is 7.11 Å². The monoisotopic (exact) mass is 327 g/mol. The van der Waals surface area contributed by atoms with Crippen LogP contribution in [0.5, 0.6) is 5.75 Å². The third-order valence-electron chi connectivity index (χ3n) is 3.57. The number of methoxy groups -OCH3 is 1. The number of rotatable bonds is 8. The van der Waals surface area contributed by atoms with Crippen molar-refractivity contribution in [3.8, 4) is 5.75 Å². The van der Waals surface area contributed by atoms with Gasteiger partial charge in [0.2, 0.25) is 0 Å². The molecule has 0 aliphatic carbocycles. The van der Waals surface area contributed by atoms with E-state index >= 15 is 0 Å². The quantitative estimate of drug-likeness (QED) is 0.749. The first-order valence-electron chi connectivity index (χ1n) is 8.19. The Bertz CT molecular complexity index is 653. The van der Waals surface area contributed by atoms with Gasteiger partial charge in [0.25, 0.3) is 0 Å². The Kier molecular flexibility index (Phi) is 6.82. The molecule has 0 aliphatic heterocycles. The van der Waals surface area contributed by atoms with Crippen LogP contribution >= 0.6 is 0 Å². The molecule has 0 radical (unpaired) electrons. The summed E-state index contributed by atoms with van der Waals surface area (Å²) in [6.45, 7) is 6.37. The summed E-state index contributed by atoms with van der Waals surface area (Å²) in [7, 11) is 1.38. The predicted molar refractivity (Wildman–Crippen MR) is 95.1 cm³/mol. The van der Waals surface area contributed by atoms with Gasteiger partial charge in [0.15, 0.2) is 0 Å². The van der Waals surface area contributed by atoms with Crippen LogP contribution in [0.1, 0.15) is 35.3 Å². The van der Waals surface area contributed by atoms with Gasteiger partial charge < -0.3 is 14.8 Å². The lowest BCUT2D eigenvalue weighted by atomic mass is 10.1. The van der Waals surface area contributed by atoms with Crippen LogP contribution in [0.3, 0.4) is 0 Å². The summed E-state index contributed by atoms with van der Waals surface area (Å²) in [5.74, 6) is 0.737. The maximum Gasteiger partial charge on any atom is 0.341 e. The number of hydrogen-bond donors (Lipinski definition) is 1. The SMILES string of the molecule is COC(=O)c1cc(CNCC(C)C)ccc1OCc1ccccc1. The zero-order chi connectivity index (χ0) is 17.4. The molecule has 2 rings (SSSR count). The van der Waals surface area contributed by atoms with Gasteiger partial charge in [0.05, 0.1) is 7.11 Å². The minimum absolute atomic E-state index is 0.385. The lowest BCUT2D eigenvalue weighted by Gasteiger charge is -2.13.